The van der Waals surface area contributed by atoms with E-state index in [9.17, 15) is 9.18 Å². The zero-order chi connectivity index (χ0) is 18.1. The summed E-state index contributed by atoms with van der Waals surface area (Å²) in [6, 6.07) is 10.4. The fraction of sp³-hybridized carbons (Fsp3) is 0.250. The number of halogens is 1. The van der Waals surface area contributed by atoms with E-state index in [0.717, 1.165) is 5.69 Å². The Morgan fingerprint density at radius 3 is 2.40 bits per heavy atom. The molecule has 25 heavy (non-hydrogen) atoms. The van der Waals surface area contributed by atoms with E-state index in [4.69, 9.17) is 4.74 Å². The molecule has 4 nitrogen and oxygen atoms in total. The lowest BCUT2D eigenvalue weighted by molar-refractivity contribution is 0.415. The molecule has 0 aliphatic rings. The molecule has 0 fully saturated rings. The van der Waals surface area contributed by atoms with Crippen molar-refractivity contribution < 1.29 is 9.13 Å². The predicted molar refractivity (Wildman–Crippen MR) is 100 cm³/mol. The van der Waals surface area contributed by atoms with Gasteiger partial charge in [0.1, 0.15) is 11.6 Å². The molecule has 1 heterocycles. The molecule has 0 saturated carbocycles. The van der Waals surface area contributed by atoms with Gasteiger partial charge in [-0.25, -0.2) is 4.39 Å². The van der Waals surface area contributed by atoms with Crippen molar-refractivity contribution in [3.05, 3.63) is 58.6 Å². The van der Waals surface area contributed by atoms with Gasteiger partial charge in [0.15, 0.2) is 5.43 Å². The number of methoxy groups -OCH3 is 1. The van der Waals surface area contributed by atoms with Crippen molar-refractivity contribution in [2.75, 3.05) is 19.1 Å². The molecule has 3 aromatic rings. The van der Waals surface area contributed by atoms with Gasteiger partial charge < -0.3 is 14.6 Å². The molecule has 0 atom stereocenters. The first-order chi connectivity index (χ1) is 11.9. The summed E-state index contributed by atoms with van der Waals surface area (Å²) in [6.45, 7) is 4.08. The molecule has 0 unspecified atom stereocenters. The van der Waals surface area contributed by atoms with Crippen LogP contribution in [0.25, 0.3) is 22.0 Å². The Kier molecular flexibility index (Phi) is 4.49. The number of aromatic nitrogens is 1. The summed E-state index contributed by atoms with van der Waals surface area (Å²) < 4.78 is 19.6. The van der Waals surface area contributed by atoms with Crippen molar-refractivity contribution in [3.63, 3.8) is 0 Å². The number of pyridine rings is 1. The minimum atomic E-state index is -0.521. The van der Waals surface area contributed by atoms with Crippen LogP contribution in [-0.4, -0.2) is 25.2 Å². The summed E-state index contributed by atoms with van der Waals surface area (Å²) in [7, 11) is 3.51. The molecule has 0 aliphatic heterocycles. The van der Waals surface area contributed by atoms with Crippen LogP contribution in [0.2, 0.25) is 0 Å². The Balaban J connectivity index is 2.23. The SMILES string of the molecule is COc1ccc(-c2c[nH]c3c(N(C)C(C)C)ccc(F)c3c2=O)cc1. The highest BCUT2D eigenvalue weighted by atomic mass is 19.1. The lowest BCUT2D eigenvalue weighted by atomic mass is 10.0. The summed E-state index contributed by atoms with van der Waals surface area (Å²) in [4.78, 5) is 18.1. The van der Waals surface area contributed by atoms with Crippen molar-refractivity contribution >= 4 is 16.6 Å². The van der Waals surface area contributed by atoms with E-state index >= 15 is 0 Å². The van der Waals surface area contributed by atoms with Gasteiger partial charge in [0.05, 0.1) is 23.7 Å². The summed E-state index contributed by atoms with van der Waals surface area (Å²) in [5.74, 6) is 0.181. The molecule has 0 bridgehead atoms. The standard InChI is InChI=1S/C20H21FN2O2/c1-12(2)23(3)17-10-9-16(21)18-19(17)22-11-15(20(18)24)13-5-7-14(25-4)8-6-13/h5-12H,1-4H3,(H,22,24). The van der Waals surface area contributed by atoms with Gasteiger partial charge >= 0.3 is 0 Å². The highest BCUT2D eigenvalue weighted by Crippen LogP contribution is 2.28. The second-order valence-electron chi connectivity index (χ2n) is 6.28. The lowest BCUT2D eigenvalue weighted by Gasteiger charge is -2.25. The van der Waals surface area contributed by atoms with Crippen LogP contribution in [0.15, 0.2) is 47.4 Å². The number of nitrogens with zero attached hydrogens (tertiary/aromatic N) is 1. The Morgan fingerprint density at radius 1 is 1.12 bits per heavy atom. The molecule has 0 amide bonds. The van der Waals surface area contributed by atoms with Crippen LogP contribution in [-0.2, 0) is 0 Å². The third-order valence-electron chi connectivity index (χ3n) is 4.52. The van der Waals surface area contributed by atoms with Gasteiger partial charge in [0.25, 0.3) is 0 Å². The first-order valence-electron chi connectivity index (χ1n) is 8.15. The Hall–Kier alpha value is -2.82. The van der Waals surface area contributed by atoms with Crippen LogP contribution in [0.5, 0.6) is 5.75 Å². The summed E-state index contributed by atoms with van der Waals surface area (Å²) >= 11 is 0. The van der Waals surface area contributed by atoms with Crippen molar-refractivity contribution in [1.29, 1.82) is 0 Å². The van der Waals surface area contributed by atoms with E-state index < -0.39 is 5.82 Å². The van der Waals surface area contributed by atoms with Crippen molar-refractivity contribution in [2.45, 2.75) is 19.9 Å². The molecule has 130 valence electrons. The number of aromatic amines is 1. The number of ether oxygens (including phenoxy) is 1. The molecular weight excluding hydrogens is 319 g/mol. The van der Waals surface area contributed by atoms with Crippen LogP contribution < -0.4 is 15.1 Å². The predicted octanol–water partition coefficient (Wildman–Crippen LogP) is 4.19. The number of benzene rings is 2. The smallest absolute Gasteiger partial charge is 0.200 e. The highest BCUT2D eigenvalue weighted by molar-refractivity contribution is 5.93. The minimum Gasteiger partial charge on any atom is -0.497 e. The van der Waals surface area contributed by atoms with E-state index in [2.05, 4.69) is 4.98 Å². The number of fused-ring (bicyclic) bond motifs is 1. The Morgan fingerprint density at radius 2 is 1.80 bits per heavy atom. The molecule has 0 saturated heterocycles. The second kappa shape index (κ2) is 6.59. The van der Waals surface area contributed by atoms with Gasteiger partial charge in [-0.2, -0.15) is 0 Å². The number of hydrogen-bond acceptors (Lipinski definition) is 3. The van der Waals surface area contributed by atoms with Gasteiger partial charge in [0, 0.05) is 24.8 Å². The van der Waals surface area contributed by atoms with Crippen molar-refractivity contribution in [2.24, 2.45) is 0 Å². The molecule has 3 rings (SSSR count). The van der Waals surface area contributed by atoms with Crippen molar-refractivity contribution in [1.82, 2.24) is 4.98 Å². The average molecular weight is 340 g/mol. The number of anilines is 1. The maximum absolute atomic E-state index is 14.4. The van der Waals surface area contributed by atoms with Crippen molar-refractivity contribution in [3.8, 4) is 16.9 Å². The fourth-order valence-corrected chi connectivity index (χ4v) is 2.84. The lowest BCUT2D eigenvalue weighted by Crippen LogP contribution is -2.26. The average Bonchev–Trinajstić information content (AvgIpc) is 2.61. The van der Waals surface area contributed by atoms with Crippen LogP contribution in [0.1, 0.15) is 13.8 Å². The number of rotatable bonds is 4. The third-order valence-corrected chi connectivity index (χ3v) is 4.52. The fourth-order valence-electron chi connectivity index (χ4n) is 2.84. The first-order valence-corrected chi connectivity index (χ1v) is 8.15. The number of nitrogens with one attached hydrogen (secondary N) is 1. The second-order valence-corrected chi connectivity index (χ2v) is 6.28. The molecule has 0 radical (unpaired) electrons. The maximum atomic E-state index is 14.4. The third kappa shape index (κ3) is 2.97. The van der Waals surface area contributed by atoms with E-state index in [-0.39, 0.29) is 16.9 Å². The summed E-state index contributed by atoms with van der Waals surface area (Å²) in [5.41, 5.74) is 2.13. The zero-order valence-electron chi connectivity index (χ0n) is 14.8. The molecule has 0 spiro atoms. The van der Waals surface area contributed by atoms with E-state index in [1.807, 2.05) is 25.8 Å². The van der Waals surface area contributed by atoms with Crippen LogP contribution >= 0.6 is 0 Å². The van der Waals surface area contributed by atoms with Gasteiger partial charge in [-0.3, -0.25) is 4.79 Å². The number of hydrogen-bond donors (Lipinski definition) is 1. The monoisotopic (exact) mass is 340 g/mol. The Bertz CT molecular complexity index is 962. The van der Waals surface area contributed by atoms with E-state index in [1.54, 1.807) is 43.6 Å². The summed E-state index contributed by atoms with van der Waals surface area (Å²) in [6.07, 6.45) is 1.64. The molecular formula is C20H21FN2O2. The molecule has 1 N–H and O–H groups in total. The van der Waals surface area contributed by atoms with E-state index in [0.29, 0.717) is 22.4 Å². The quantitative estimate of drug-likeness (QED) is 0.775. The molecule has 2 aromatic carbocycles. The van der Waals surface area contributed by atoms with Gasteiger partial charge in [0.2, 0.25) is 0 Å². The minimum absolute atomic E-state index is 0.0818. The molecule has 5 heteroatoms. The molecule has 0 aliphatic carbocycles. The zero-order valence-corrected chi connectivity index (χ0v) is 14.8. The van der Waals surface area contributed by atoms with Crippen LogP contribution in [0.3, 0.4) is 0 Å². The highest BCUT2D eigenvalue weighted by Gasteiger charge is 2.17. The largest absolute Gasteiger partial charge is 0.497 e. The van der Waals surface area contributed by atoms with E-state index in [1.165, 1.54) is 6.07 Å². The normalized spacial score (nSPS) is 11.1. The number of H-pyrrole nitrogens is 1. The summed E-state index contributed by atoms with van der Waals surface area (Å²) in [5, 5.41) is 0.0818. The van der Waals surface area contributed by atoms with Gasteiger partial charge in [-0.15, -0.1) is 0 Å². The molecule has 1 aromatic heterocycles. The van der Waals surface area contributed by atoms with Gasteiger partial charge in [-0.1, -0.05) is 12.1 Å². The topological polar surface area (TPSA) is 45.3 Å². The first kappa shape index (κ1) is 17.0. The maximum Gasteiger partial charge on any atom is 0.200 e. The van der Waals surface area contributed by atoms with Gasteiger partial charge in [-0.05, 0) is 43.7 Å². The van der Waals surface area contributed by atoms with Crippen LogP contribution in [0, 0.1) is 5.82 Å². The Labute approximate surface area is 145 Å². The van der Waals surface area contributed by atoms with Crippen LogP contribution in [0.4, 0.5) is 10.1 Å².